The zero-order valence-corrected chi connectivity index (χ0v) is 17.5. The fourth-order valence-electron chi connectivity index (χ4n) is 3.64. The van der Waals surface area contributed by atoms with E-state index in [9.17, 15) is 4.79 Å². The Morgan fingerprint density at radius 3 is 2.62 bits per heavy atom. The van der Waals surface area contributed by atoms with Gasteiger partial charge in [0.1, 0.15) is 12.9 Å². The van der Waals surface area contributed by atoms with Gasteiger partial charge in [0.05, 0.1) is 31.0 Å². The molecule has 0 radical (unpaired) electrons. The molecule has 1 aliphatic carbocycles. The molecule has 0 spiro atoms. The van der Waals surface area contributed by atoms with E-state index >= 15 is 0 Å². The molecule has 1 aromatic rings. The average molecular weight is 408 g/mol. The number of nitrogens with one attached hydrogen (secondary N) is 1. The normalized spacial score (nSPS) is 23.9. The van der Waals surface area contributed by atoms with Gasteiger partial charge in [-0.3, -0.25) is 4.79 Å². The van der Waals surface area contributed by atoms with Gasteiger partial charge in [0.25, 0.3) is 0 Å². The molecule has 0 bridgehead atoms. The first-order valence-electron chi connectivity index (χ1n) is 10.7. The molecular formula is C21H33N3O5. The van der Waals surface area contributed by atoms with Crippen molar-refractivity contribution < 1.29 is 23.7 Å². The van der Waals surface area contributed by atoms with Crippen molar-refractivity contribution in [3.8, 4) is 11.8 Å². The number of hydrogen-bond donors (Lipinski definition) is 1. The quantitative estimate of drug-likeness (QED) is 0.563. The van der Waals surface area contributed by atoms with Crippen molar-refractivity contribution in [1.82, 2.24) is 15.3 Å². The summed E-state index contributed by atoms with van der Waals surface area (Å²) < 4.78 is 23.4. The molecule has 3 rings (SSSR count). The van der Waals surface area contributed by atoms with Gasteiger partial charge in [-0.2, -0.15) is 0 Å². The summed E-state index contributed by atoms with van der Waals surface area (Å²) in [6.45, 7) is 6.61. The molecule has 2 fully saturated rings. The number of nitrogens with zero attached hydrogens (tertiary/aromatic N) is 2. The van der Waals surface area contributed by atoms with Gasteiger partial charge in [-0.15, -0.1) is 0 Å². The van der Waals surface area contributed by atoms with Crippen LogP contribution in [-0.4, -0.2) is 61.1 Å². The molecule has 1 saturated carbocycles. The number of hydrogen-bond acceptors (Lipinski definition) is 7. The van der Waals surface area contributed by atoms with Gasteiger partial charge in [-0.25, -0.2) is 9.97 Å². The predicted molar refractivity (Wildman–Crippen MR) is 107 cm³/mol. The Kier molecular flexibility index (Phi) is 8.49. The van der Waals surface area contributed by atoms with Crippen LogP contribution in [-0.2, 0) is 20.7 Å². The fraction of sp³-hybridized carbons (Fsp3) is 0.762. The van der Waals surface area contributed by atoms with Crippen LogP contribution in [0.4, 0.5) is 0 Å². The summed E-state index contributed by atoms with van der Waals surface area (Å²) in [6.07, 6.45) is 7.93. The minimum Gasteiger partial charge on any atom is -0.477 e. The first-order valence-corrected chi connectivity index (χ1v) is 10.7. The molecule has 1 aliphatic heterocycles. The molecule has 29 heavy (non-hydrogen) atoms. The van der Waals surface area contributed by atoms with Gasteiger partial charge in [0.2, 0.25) is 17.7 Å². The Bertz CT molecular complexity index is 645. The predicted octanol–water partition coefficient (Wildman–Crippen LogP) is 2.30. The monoisotopic (exact) mass is 407 g/mol. The lowest BCUT2D eigenvalue weighted by molar-refractivity contribution is -0.119. The minimum atomic E-state index is -0.0281. The van der Waals surface area contributed by atoms with Crippen molar-refractivity contribution in [3.63, 3.8) is 0 Å². The van der Waals surface area contributed by atoms with Gasteiger partial charge in [0, 0.05) is 20.1 Å². The molecule has 162 valence electrons. The number of ether oxygens (including phenoxy) is 4. The summed E-state index contributed by atoms with van der Waals surface area (Å²) in [5.74, 6) is 1.64. The van der Waals surface area contributed by atoms with Crippen molar-refractivity contribution in [2.24, 2.45) is 5.92 Å². The van der Waals surface area contributed by atoms with Gasteiger partial charge in [-0.05, 0) is 44.4 Å². The first kappa shape index (κ1) is 21.8. The Morgan fingerprint density at radius 1 is 1.21 bits per heavy atom. The van der Waals surface area contributed by atoms with Gasteiger partial charge in [-0.1, -0.05) is 6.92 Å². The second-order valence-electron chi connectivity index (χ2n) is 7.74. The highest BCUT2D eigenvalue weighted by Crippen LogP contribution is 2.32. The molecule has 8 nitrogen and oxygen atoms in total. The molecule has 0 aromatic carbocycles. The zero-order valence-electron chi connectivity index (χ0n) is 17.5. The van der Waals surface area contributed by atoms with E-state index in [0.717, 1.165) is 44.3 Å². The molecule has 1 amide bonds. The van der Waals surface area contributed by atoms with Gasteiger partial charge >= 0.3 is 0 Å². The number of carbonyl (C=O) groups is 1. The van der Waals surface area contributed by atoms with Crippen LogP contribution >= 0.6 is 0 Å². The molecule has 2 aliphatic rings. The second-order valence-corrected chi connectivity index (χ2v) is 7.74. The number of aromatic nitrogens is 2. The van der Waals surface area contributed by atoms with E-state index in [1.807, 2.05) is 0 Å². The molecule has 1 aromatic heterocycles. The maximum atomic E-state index is 10.8. The summed E-state index contributed by atoms with van der Waals surface area (Å²) in [4.78, 5) is 19.5. The van der Waals surface area contributed by atoms with E-state index in [-0.39, 0.29) is 18.1 Å². The van der Waals surface area contributed by atoms with Crippen molar-refractivity contribution in [1.29, 1.82) is 0 Å². The lowest BCUT2D eigenvalue weighted by Crippen LogP contribution is -2.37. The zero-order chi connectivity index (χ0) is 20.5. The number of rotatable bonds is 11. The second kappa shape index (κ2) is 11.3. The van der Waals surface area contributed by atoms with Gasteiger partial charge < -0.3 is 24.3 Å². The van der Waals surface area contributed by atoms with Gasteiger partial charge in [0.15, 0.2) is 0 Å². The average Bonchev–Trinajstić information content (AvgIpc) is 2.70. The highest BCUT2D eigenvalue weighted by atomic mass is 16.5. The van der Waals surface area contributed by atoms with Crippen LogP contribution < -0.4 is 14.8 Å². The molecular weight excluding hydrogens is 374 g/mol. The van der Waals surface area contributed by atoms with Crippen LogP contribution in [0.15, 0.2) is 6.33 Å². The van der Waals surface area contributed by atoms with Crippen LogP contribution in [0.5, 0.6) is 11.8 Å². The number of amides is 1. The minimum absolute atomic E-state index is 0.0281. The SMILES string of the molecule is CCc1c(OCC2CC(OCCNC(C)=O)C2)ncnc1OCC1CCCCO1. The Labute approximate surface area is 172 Å². The van der Waals surface area contributed by atoms with Crippen LogP contribution in [0.2, 0.25) is 0 Å². The van der Waals surface area contributed by atoms with Crippen molar-refractivity contribution >= 4 is 5.91 Å². The topological polar surface area (TPSA) is 91.8 Å². The fourth-order valence-corrected chi connectivity index (χ4v) is 3.64. The Balaban J connectivity index is 1.40. The van der Waals surface area contributed by atoms with E-state index in [2.05, 4.69) is 22.2 Å². The first-order chi connectivity index (χ1) is 14.2. The van der Waals surface area contributed by atoms with Crippen molar-refractivity contribution in [2.75, 3.05) is 33.0 Å². The van der Waals surface area contributed by atoms with Crippen LogP contribution in [0.25, 0.3) is 0 Å². The van der Waals surface area contributed by atoms with E-state index in [4.69, 9.17) is 18.9 Å². The molecule has 1 atom stereocenters. The van der Waals surface area contributed by atoms with E-state index in [1.54, 1.807) is 0 Å². The molecule has 2 heterocycles. The third-order valence-electron chi connectivity index (χ3n) is 5.38. The lowest BCUT2D eigenvalue weighted by atomic mass is 9.83. The van der Waals surface area contributed by atoms with E-state index < -0.39 is 0 Å². The van der Waals surface area contributed by atoms with Crippen molar-refractivity contribution in [2.45, 2.75) is 64.6 Å². The lowest BCUT2D eigenvalue weighted by Gasteiger charge is -2.34. The van der Waals surface area contributed by atoms with E-state index in [1.165, 1.54) is 19.7 Å². The largest absolute Gasteiger partial charge is 0.477 e. The van der Waals surface area contributed by atoms with Crippen LogP contribution in [0.3, 0.4) is 0 Å². The Hall–Kier alpha value is -1.93. The number of carbonyl (C=O) groups excluding carboxylic acids is 1. The molecule has 1 saturated heterocycles. The Morgan fingerprint density at radius 2 is 1.97 bits per heavy atom. The maximum absolute atomic E-state index is 10.8. The smallest absolute Gasteiger partial charge is 0.223 e. The molecule has 1 N–H and O–H groups in total. The third-order valence-corrected chi connectivity index (χ3v) is 5.38. The summed E-state index contributed by atoms with van der Waals surface area (Å²) in [6, 6.07) is 0. The summed E-state index contributed by atoms with van der Waals surface area (Å²) in [5, 5.41) is 2.73. The molecule has 1 unspecified atom stereocenters. The highest BCUT2D eigenvalue weighted by molar-refractivity contribution is 5.72. The van der Waals surface area contributed by atoms with Crippen molar-refractivity contribution in [3.05, 3.63) is 11.9 Å². The third kappa shape index (κ3) is 6.82. The summed E-state index contributed by atoms with van der Waals surface area (Å²) >= 11 is 0. The van der Waals surface area contributed by atoms with E-state index in [0.29, 0.717) is 44.0 Å². The van der Waals surface area contributed by atoms with Crippen LogP contribution in [0.1, 0.15) is 51.5 Å². The van der Waals surface area contributed by atoms with Crippen LogP contribution in [0, 0.1) is 5.92 Å². The molecule has 8 heteroatoms. The maximum Gasteiger partial charge on any atom is 0.223 e. The summed E-state index contributed by atoms with van der Waals surface area (Å²) in [7, 11) is 0. The summed E-state index contributed by atoms with van der Waals surface area (Å²) in [5.41, 5.74) is 0.908. The standard InChI is InChI=1S/C21H33N3O5/c1-3-19-20(23-14-24-21(19)29-13-17-6-4-5-8-26-17)28-12-16-10-18(11-16)27-9-7-22-15(2)25/h14,16-18H,3-13H2,1-2H3,(H,22,25). The highest BCUT2D eigenvalue weighted by Gasteiger charge is 2.30.